The van der Waals surface area contributed by atoms with Gasteiger partial charge >= 0.3 is 0 Å². The summed E-state index contributed by atoms with van der Waals surface area (Å²) in [5.41, 5.74) is 2.16. The Labute approximate surface area is 194 Å². The molecule has 1 aliphatic rings. The topological polar surface area (TPSA) is 97.4 Å². The maximum Gasteiger partial charge on any atom is 0.277 e. The Balaban J connectivity index is 1.63. The highest BCUT2D eigenvalue weighted by Crippen LogP contribution is 2.29. The van der Waals surface area contributed by atoms with Gasteiger partial charge in [-0.05, 0) is 54.8 Å². The van der Waals surface area contributed by atoms with Gasteiger partial charge in [0.1, 0.15) is 22.5 Å². The molecule has 0 saturated carbocycles. The molecule has 174 valence electrons. The van der Waals surface area contributed by atoms with Crippen LogP contribution < -0.4 is 21.3 Å². The minimum atomic E-state index is -1.02. The summed E-state index contributed by atoms with van der Waals surface area (Å²) in [6.45, 7) is 2.02. The fourth-order valence-corrected chi connectivity index (χ4v) is 4.50. The van der Waals surface area contributed by atoms with Crippen molar-refractivity contribution in [2.75, 3.05) is 20.3 Å². The molecule has 34 heavy (non-hydrogen) atoms. The van der Waals surface area contributed by atoms with Crippen molar-refractivity contribution in [2.45, 2.75) is 18.9 Å². The average Bonchev–Trinajstić information content (AvgIpc) is 3.42. The standard InChI is InChI=1S/C25H24FN5O3/c1-16-13-30(15-28-16)21-8-3-17(12-22(21)34-2)11-20-23(33)31-24(29-20)27-10-9-25(31,14-32)18-4-6-19(26)7-5-18/h3-8,11-13,15,32H,9-10,14H2,1-2H3,(H,27,29)/b20-11-. The molecule has 5 rings (SSSR count). The number of fused-ring (bicyclic) bond motifs is 1. The third kappa shape index (κ3) is 3.54. The molecule has 1 aliphatic heterocycles. The van der Waals surface area contributed by atoms with Crippen LogP contribution in [0.25, 0.3) is 11.8 Å². The van der Waals surface area contributed by atoms with Crippen molar-refractivity contribution in [2.24, 2.45) is 4.99 Å². The van der Waals surface area contributed by atoms with Crippen molar-refractivity contribution in [1.82, 2.24) is 19.1 Å². The van der Waals surface area contributed by atoms with Crippen LogP contribution in [0.15, 0.2) is 64.8 Å². The Hall–Kier alpha value is -3.98. The van der Waals surface area contributed by atoms with Gasteiger partial charge in [0.25, 0.3) is 5.56 Å². The maximum atomic E-state index is 13.5. The lowest BCUT2D eigenvalue weighted by Crippen LogP contribution is -2.53. The van der Waals surface area contributed by atoms with Crippen LogP contribution >= 0.6 is 0 Å². The summed E-state index contributed by atoms with van der Waals surface area (Å²) >= 11 is 0. The normalized spacial score (nSPS) is 17.9. The van der Waals surface area contributed by atoms with Gasteiger partial charge in [0.2, 0.25) is 5.62 Å². The van der Waals surface area contributed by atoms with Crippen molar-refractivity contribution in [3.8, 4) is 11.4 Å². The zero-order chi connectivity index (χ0) is 23.9. The van der Waals surface area contributed by atoms with E-state index in [0.717, 1.165) is 16.9 Å². The summed E-state index contributed by atoms with van der Waals surface area (Å²) in [7, 11) is 1.59. The molecular formula is C25H24FN5O3. The van der Waals surface area contributed by atoms with Crippen molar-refractivity contribution in [3.05, 3.63) is 98.9 Å². The van der Waals surface area contributed by atoms with Crippen molar-refractivity contribution >= 4 is 6.08 Å². The van der Waals surface area contributed by atoms with E-state index in [4.69, 9.17) is 4.74 Å². The van der Waals surface area contributed by atoms with E-state index in [-0.39, 0.29) is 18.0 Å². The molecule has 0 amide bonds. The van der Waals surface area contributed by atoms with Crippen LogP contribution in [-0.2, 0) is 5.54 Å². The minimum Gasteiger partial charge on any atom is -0.495 e. The summed E-state index contributed by atoms with van der Waals surface area (Å²) in [4.78, 5) is 25.3. The molecule has 2 aromatic heterocycles. The Morgan fingerprint density at radius 2 is 2.06 bits per heavy atom. The predicted octanol–water partition coefficient (Wildman–Crippen LogP) is 1.41. The summed E-state index contributed by atoms with van der Waals surface area (Å²) in [6.07, 6.45) is 5.76. The van der Waals surface area contributed by atoms with Crippen molar-refractivity contribution in [1.29, 1.82) is 0 Å². The molecule has 2 N–H and O–H groups in total. The van der Waals surface area contributed by atoms with E-state index in [1.54, 1.807) is 31.6 Å². The fraction of sp³-hybridized carbons (Fsp3) is 0.240. The lowest BCUT2D eigenvalue weighted by atomic mass is 9.86. The Kier molecular flexibility index (Phi) is 5.41. The van der Waals surface area contributed by atoms with Crippen molar-refractivity contribution in [3.63, 3.8) is 0 Å². The first-order chi connectivity index (χ1) is 16.4. The smallest absolute Gasteiger partial charge is 0.277 e. The van der Waals surface area contributed by atoms with Crippen LogP contribution in [0.1, 0.15) is 23.2 Å². The number of ether oxygens (including phenoxy) is 1. The number of nitrogens with one attached hydrogen (secondary N) is 1. The van der Waals surface area contributed by atoms with Gasteiger partial charge in [0.05, 0.1) is 31.4 Å². The van der Waals surface area contributed by atoms with E-state index in [0.29, 0.717) is 35.2 Å². The van der Waals surface area contributed by atoms with Gasteiger partial charge in [-0.25, -0.2) is 9.37 Å². The van der Waals surface area contributed by atoms with E-state index in [1.165, 1.54) is 16.7 Å². The number of hydrogen-bond donors (Lipinski definition) is 2. The zero-order valence-electron chi connectivity index (χ0n) is 18.8. The highest BCUT2D eigenvalue weighted by atomic mass is 19.1. The number of aromatic amines is 1. The number of aliphatic hydroxyl groups is 1. The van der Waals surface area contributed by atoms with Gasteiger partial charge in [-0.1, -0.05) is 18.2 Å². The number of aromatic nitrogens is 4. The first kappa shape index (κ1) is 21.8. The van der Waals surface area contributed by atoms with Gasteiger partial charge in [-0.15, -0.1) is 0 Å². The van der Waals surface area contributed by atoms with Gasteiger partial charge < -0.3 is 19.4 Å². The monoisotopic (exact) mass is 461 g/mol. The largest absolute Gasteiger partial charge is 0.495 e. The highest BCUT2D eigenvalue weighted by Gasteiger charge is 2.38. The molecule has 0 spiro atoms. The first-order valence-electron chi connectivity index (χ1n) is 10.9. The average molecular weight is 461 g/mol. The second-order valence-corrected chi connectivity index (χ2v) is 8.33. The molecule has 2 aromatic carbocycles. The summed E-state index contributed by atoms with van der Waals surface area (Å²) in [5.74, 6) is 0.250. The third-order valence-electron chi connectivity index (χ3n) is 6.25. The van der Waals surface area contributed by atoms with E-state index in [1.807, 2.05) is 35.9 Å². The van der Waals surface area contributed by atoms with Gasteiger partial charge in [-0.2, -0.15) is 0 Å². The molecule has 1 unspecified atom stereocenters. The Morgan fingerprint density at radius 1 is 1.26 bits per heavy atom. The quantitative estimate of drug-likeness (QED) is 0.470. The number of methoxy groups -OCH3 is 1. The maximum absolute atomic E-state index is 13.5. The van der Waals surface area contributed by atoms with E-state index < -0.39 is 5.54 Å². The molecule has 0 radical (unpaired) electrons. The van der Waals surface area contributed by atoms with Gasteiger partial charge in [0.15, 0.2) is 0 Å². The molecule has 3 heterocycles. The third-order valence-corrected chi connectivity index (χ3v) is 6.25. The number of nitrogens with zero attached hydrogens (tertiary/aromatic N) is 4. The fourth-order valence-electron chi connectivity index (χ4n) is 4.50. The van der Waals surface area contributed by atoms with Crippen LogP contribution in [0.5, 0.6) is 5.75 Å². The Morgan fingerprint density at radius 3 is 2.74 bits per heavy atom. The van der Waals surface area contributed by atoms with Crippen LogP contribution in [0.4, 0.5) is 4.39 Å². The molecule has 0 saturated heterocycles. The molecular weight excluding hydrogens is 437 g/mol. The molecule has 0 fully saturated rings. The lowest BCUT2D eigenvalue weighted by molar-refractivity contribution is 0.144. The number of benzene rings is 2. The molecule has 9 heteroatoms. The number of hydrogen-bond acceptors (Lipinski definition) is 5. The second kappa shape index (κ2) is 8.42. The number of aliphatic hydroxyl groups excluding tert-OH is 1. The summed E-state index contributed by atoms with van der Waals surface area (Å²) in [6, 6.07) is 11.5. The van der Waals surface area contributed by atoms with E-state index in [9.17, 15) is 14.3 Å². The number of aryl methyl sites for hydroxylation is 1. The second-order valence-electron chi connectivity index (χ2n) is 8.33. The molecule has 8 nitrogen and oxygen atoms in total. The van der Waals surface area contributed by atoms with Crippen LogP contribution in [0.2, 0.25) is 0 Å². The number of H-pyrrole nitrogens is 1. The van der Waals surface area contributed by atoms with Crippen LogP contribution in [0, 0.1) is 12.7 Å². The zero-order valence-corrected chi connectivity index (χ0v) is 18.8. The van der Waals surface area contributed by atoms with Gasteiger partial charge in [-0.3, -0.25) is 14.4 Å². The predicted molar refractivity (Wildman–Crippen MR) is 124 cm³/mol. The number of halogens is 1. The molecule has 1 atom stereocenters. The molecule has 4 aromatic rings. The van der Waals surface area contributed by atoms with Gasteiger partial charge in [0, 0.05) is 12.7 Å². The SMILES string of the molecule is COc1cc(/C=c2\[nH]c3n(c2=O)C(CO)(c2ccc(F)cc2)CCN=3)ccc1-n1cnc(C)c1. The number of imidazole rings is 2. The molecule has 0 aliphatic carbocycles. The first-order valence-corrected chi connectivity index (χ1v) is 10.9. The van der Waals surface area contributed by atoms with E-state index in [2.05, 4.69) is 15.0 Å². The summed E-state index contributed by atoms with van der Waals surface area (Å²) < 4.78 is 22.5. The Bertz CT molecular complexity index is 1530. The lowest BCUT2D eigenvalue weighted by Gasteiger charge is -2.34. The van der Waals surface area contributed by atoms with E-state index >= 15 is 0 Å². The van der Waals surface area contributed by atoms with Crippen LogP contribution in [-0.4, -0.2) is 44.5 Å². The number of rotatable bonds is 5. The minimum absolute atomic E-state index is 0.314. The molecule has 0 bridgehead atoms. The highest BCUT2D eigenvalue weighted by molar-refractivity contribution is 5.58. The summed E-state index contributed by atoms with van der Waals surface area (Å²) in [5, 5.41) is 10.7. The van der Waals surface area contributed by atoms with Crippen molar-refractivity contribution < 1.29 is 14.2 Å². The van der Waals surface area contributed by atoms with Crippen LogP contribution in [0.3, 0.4) is 0 Å².